The van der Waals surface area contributed by atoms with Gasteiger partial charge in [0.15, 0.2) is 6.61 Å². The Balaban J connectivity index is 2.02. The van der Waals surface area contributed by atoms with Crippen molar-refractivity contribution in [3.63, 3.8) is 0 Å². The highest BCUT2D eigenvalue weighted by atomic mass is 79.9. The lowest BCUT2D eigenvalue weighted by Crippen LogP contribution is -2.20. The van der Waals surface area contributed by atoms with Gasteiger partial charge in [0.25, 0.3) is 11.6 Å². The molecule has 0 bridgehead atoms. The number of nitrogens with one attached hydrogen (secondary N) is 1. The number of nitro groups is 1. The molecule has 120 valence electrons. The first-order valence-corrected chi connectivity index (χ1v) is 8.08. The van der Waals surface area contributed by atoms with Crippen LogP contribution < -0.4 is 10.1 Å². The molecule has 0 radical (unpaired) electrons. The Morgan fingerprint density at radius 2 is 2.00 bits per heavy atom. The fourth-order valence-corrected chi connectivity index (χ4v) is 2.94. The first kappa shape index (κ1) is 17.4. The third-order valence-corrected chi connectivity index (χ3v) is 4.07. The third-order valence-electron chi connectivity index (χ3n) is 2.96. The van der Waals surface area contributed by atoms with E-state index in [4.69, 9.17) is 4.74 Å². The maximum Gasteiger partial charge on any atom is 0.271 e. The van der Waals surface area contributed by atoms with E-state index < -0.39 is 10.8 Å². The molecule has 0 saturated heterocycles. The summed E-state index contributed by atoms with van der Waals surface area (Å²) in [5, 5.41) is 13.4. The third kappa shape index (κ3) is 4.77. The quantitative estimate of drug-likeness (QED) is 0.546. The molecule has 0 aliphatic rings. The normalized spacial score (nSPS) is 10.2. The average Bonchev–Trinajstić information content (AvgIpc) is 2.48. The molecule has 6 nitrogen and oxygen atoms in total. The molecule has 2 aromatic rings. The van der Waals surface area contributed by atoms with Crippen LogP contribution in [0.1, 0.15) is 5.56 Å². The molecule has 0 heterocycles. The summed E-state index contributed by atoms with van der Waals surface area (Å²) in [4.78, 5) is 22.2. The SMILES string of the molecule is Cc1ccc([N+](=O)[O-])cc1NC(=O)COc1ccc(Br)cc1Br. The van der Waals surface area contributed by atoms with Crippen molar-refractivity contribution in [3.8, 4) is 5.75 Å². The summed E-state index contributed by atoms with van der Waals surface area (Å²) >= 11 is 6.67. The molecule has 0 saturated carbocycles. The van der Waals surface area contributed by atoms with Gasteiger partial charge < -0.3 is 10.1 Å². The number of benzene rings is 2. The molecule has 8 heteroatoms. The van der Waals surface area contributed by atoms with Crippen molar-refractivity contribution in [1.82, 2.24) is 0 Å². The second-order valence-corrected chi connectivity index (χ2v) is 6.44. The van der Waals surface area contributed by atoms with Gasteiger partial charge in [-0.3, -0.25) is 14.9 Å². The number of nitrogens with zero attached hydrogens (tertiary/aromatic N) is 1. The number of ether oxygens (including phenoxy) is 1. The molecule has 0 atom stereocenters. The summed E-state index contributed by atoms with van der Waals surface area (Å²) in [5.74, 6) is 0.127. The number of aryl methyl sites for hydroxylation is 1. The molecule has 0 fully saturated rings. The molecule has 23 heavy (non-hydrogen) atoms. The summed E-state index contributed by atoms with van der Waals surface area (Å²) in [7, 11) is 0. The maximum absolute atomic E-state index is 12.0. The minimum absolute atomic E-state index is 0.0810. The van der Waals surface area contributed by atoms with Crippen LogP contribution in [0.4, 0.5) is 11.4 Å². The minimum Gasteiger partial charge on any atom is -0.483 e. The Bertz CT molecular complexity index is 765. The average molecular weight is 444 g/mol. The number of halogens is 2. The van der Waals surface area contributed by atoms with Crippen molar-refractivity contribution in [2.24, 2.45) is 0 Å². The summed E-state index contributed by atoms with van der Waals surface area (Å²) in [6.45, 7) is 1.55. The van der Waals surface area contributed by atoms with E-state index in [-0.39, 0.29) is 12.3 Å². The van der Waals surface area contributed by atoms with E-state index >= 15 is 0 Å². The van der Waals surface area contributed by atoms with Gasteiger partial charge in [-0.15, -0.1) is 0 Å². The molecule has 0 spiro atoms. The Morgan fingerprint density at radius 3 is 2.65 bits per heavy atom. The van der Waals surface area contributed by atoms with Gasteiger partial charge in [0, 0.05) is 16.6 Å². The van der Waals surface area contributed by atoms with Crippen LogP contribution in [0.3, 0.4) is 0 Å². The van der Waals surface area contributed by atoms with Gasteiger partial charge in [-0.05, 0) is 46.6 Å². The van der Waals surface area contributed by atoms with Crippen molar-refractivity contribution in [1.29, 1.82) is 0 Å². The Kier molecular flexibility index (Phi) is 5.73. The highest BCUT2D eigenvalue weighted by molar-refractivity contribution is 9.11. The van der Waals surface area contributed by atoms with Crippen molar-refractivity contribution in [2.45, 2.75) is 6.92 Å². The number of rotatable bonds is 5. The van der Waals surface area contributed by atoms with E-state index in [1.54, 1.807) is 31.2 Å². The van der Waals surface area contributed by atoms with Crippen molar-refractivity contribution >= 4 is 49.1 Å². The second-order valence-electron chi connectivity index (χ2n) is 4.67. The van der Waals surface area contributed by atoms with Crippen LogP contribution in [0.15, 0.2) is 45.3 Å². The highest BCUT2D eigenvalue weighted by Gasteiger charge is 2.12. The molecule has 2 rings (SSSR count). The van der Waals surface area contributed by atoms with Crippen LogP contribution in [-0.4, -0.2) is 17.4 Å². The van der Waals surface area contributed by atoms with E-state index in [0.29, 0.717) is 15.9 Å². The van der Waals surface area contributed by atoms with E-state index in [2.05, 4.69) is 37.2 Å². The molecular weight excluding hydrogens is 432 g/mol. The van der Waals surface area contributed by atoms with Crippen LogP contribution in [0.2, 0.25) is 0 Å². The predicted octanol–water partition coefficient (Wildman–Crippen LogP) is 4.45. The van der Waals surface area contributed by atoms with E-state index in [9.17, 15) is 14.9 Å². The number of non-ortho nitro benzene ring substituents is 1. The van der Waals surface area contributed by atoms with Crippen molar-refractivity contribution < 1.29 is 14.5 Å². The Hall–Kier alpha value is -1.93. The number of hydrogen-bond acceptors (Lipinski definition) is 4. The number of nitro benzene ring substituents is 1. The minimum atomic E-state index is -0.509. The lowest BCUT2D eigenvalue weighted by molar-refractivity contribution is -0.384. The first-order valence-electron chi connectivity index (χ1n) is 6.49. The van der Waals surface area contributed by atoms with Crippen molar-refractivity contribution in [3.05, 3.63) is 61.0 Å². The van der Waals surface area contributed by atoms with Crippen LogP contribution in [0.5, 0.6) is 5.75 Å². The number of carbonyl (C=O) groups excluding carboxylic acids is 1. The second kappa shape index (κ2) is 7.56. The molecule has 1 N–H and O–H groups in total. The maximum atomic E-state index is 12.0. The Labute approximate surface area is 149 Å². The monoisotopic (exact) mass is 442 g/mol. The molecule has 1 amide bonds. The molecule has 0 unspecified atom stereocenters. The summed E-state index contributed by atoms with van der Waals surface area (Å²) in [6, 6.07) is 9.61. The van der Waals surface area contributed by atoms with Crippen molar-refractivity contribution in [2.75, 3.05) is 11.9 Å². The predicted molar refractivity (Wildman–Crippen MR) is 93.8 cm³/mol. The molecule has 0 aromatic heterocycles. The zero-order valence-corrected chi connectivity index (χ0v) is 15.2. The first-order chi connectivity index (χ1) is 10.9. The van der Waals surface area contributed by atoms with E-state index in [0.717, 1.165) is 10.0 Å². The Morgan fingerprint density at radius 1 is 1.26 bits per heavy atom. The lowest BCUT2D eigenvalue weighted by Gasteiger charge is -2.10. The highest BCUT2D eigenvalue weighted by Crippen LogP contribution is 2.28. The van der Waals surface area contributed by atoms with Gasteiger partial charge in [-0.2, -0.15) is 0 Å². The summed E-state index contributed by atoms with van der Waals surface area (Å²) in [6.07, 6.45) is 0. The smallest absolute Gasteiger partial charge is 0.271 e. The zero-order valence-electron chi connectivity index (χ0n) is 12.0. The zero-order chi connectivity index (χ0) is 17.0. The van der Waals surface area contributed by atoms with Crippen LogP contribution >= 0.6 is 31.9 Å². The van der Waals surface area contributed by atoms with E-state index in [1.165, 1.54) is 12.1 Å². The largest absolute Gasteiger partial charge is 0.483 e. The number of amides is 1. The fourth-order valence-electron chi connectivity index (χ4n) is 1.78. The molecular formula is C15H12Br2N2O4. The van der Waals surface area contributed by atoms with Gasteiger partial charge in [-0.25, -0.2) is 0 Å². The fraction of sp³-hybridized carbons (Fsp3) is 0.133. The number of carbonyl (C=O) groups is 1. The van der Waals surface area contributed by atoms with Gasteiger partial charge in [-0.1, -0.05) is 22.0 Å². The van der Waals surface area contributed by atoms with Crippen LogP contribution in [0, 0.1) is 17.0 Å². The topological polar surface area (TPSA) is 81.5 Å². The summed E-state index contributed by atoms with van der Waals surface area (Å²) < 4.78 is 7.03. The number of anilines is 1. The van der Waals surface area contributed by atoms with Gasteiger partial charge in [0.05, 0.1) is 15.1 Å². The van der Waals surface area contributed by atoms with Gasteiger partial charge in [0.1, 0.15) is 5.75 Å². The molecule has 2 aromatic carbocycles. The summed E-state index contributed by atoms with van der Waals surface area (Å²) in [5.41, 5.74) is 1.04. The van der Waals surface area contributed by atoms with Crippen LogP contribution in [-0.2, 0) is 4.79 Å². The number of hydrogen-bond donors (Lipinski definition) is 1. The standard InChI is InChI=1S/C15H12Br2N2O4/c1-9-2-4-11(19(21)22)7-13(9)18-15(20)8-23-14-5-3-10(16)6-12(14)17/h2-7H,8H2,1H3,(H,18,20). The lowest BCUT2D eigenvalue weighted by atomic mass is 10.2. The van der Waals surface area contributed by atoms with Crippen LogP contribution in [0.25, 0.3) is 0 Å². The molecule has 0 aliphatic carbocycles. The van der Waals surface area contributed by atoms with E-state index in [1.807, 2.05) is 0 Å². The van der Waals surface area contributed by atoms with Gasteiger partial charge >= 0.3 is 0 Å². The molecule has 0 aliphatic heterocycles. The van der Waals surface area contributed by atoms with Gasteiger partial charge in [0.2, 0.25) is 0 Å².